The van der Waals surface area contributed by atoms with Crippen LogP contribution >= 0.6 is 0 Å². The standard InChI is InChI=1S/C20H18N2O4/c1-2-21-20(25)22-17(23)12-26-19(24)18-15-9-5-3-7-13(15)11-14-8-4-6-10-16(14)18/h3-11H,2,12H2,1H3,(H2,21,22,23,25). The Hall–Kier alpha value is -3.41. The van der Waals surface area contributed by atoms with Crippen LogP contribution in [0.1, 0.15) is 17.3 Å². The zero-order valence-electron chi connectivity index (χ0n) is 14.2. The Bertz CT molecular complexity index is 943. The third kappa shape index (κ3) is 3.64. The Balaban J connectivity index is 1.87. The van der Waals surface area contributed by atoms with E-state index in [-0.39, 0.29) is 0 Å². The monoisotopic (exact) mass is 350 g/mol. The van der Waals surface area contributed by atoms with Gasteiger partial charge in [0.05, 0.1) is 5.56 Å². The molecule has 0 aliphatic rings. The molecule has 0 bridgehead atoms. The van der Waals surface area contributed by atoms with Crippen molar-refractivity contribution in [2.75, 3.05) is 13.2 Å². The number of ether oxygens (including phenoxy) is 1. The van der Waals surface area contributed by atoms with Crippen molar-refractivity contribution in [1.82, 2.24) is 10.6 Å². The Morgan fingerprint density at radius 2 is 1.50 bits per heavy atom. The van der Waals surface area contributed by atoms with Gasteiger partial charge in [-0.2, -0.15) is 0 Å². The van der Waals surface area contributed by atoms with Gasteiger partial charge in [0.1, 0.15) is 0 Å². The lowest BCUT2D eigenvalue weighted by Crippen LogP contribution is -2.41. The summed E-state index contributed by atoms with van der Waals surface area (Å²) in [6.45, 7) is 1.59. The van der Waals surface area contributed by atoms with E-state index >= 15 is 0 Å². The predicted molar refractivity (Wildman–Crippen MR) is 99.0 cm³/mol. The second-order valence-electron chi connectivity index (χ2n) is 5.68. The molecule has 26 heavy (non-hydrogen) atoms. The molecule has 3 amide bonds. The highest BCUT2D eigenvalue weighted by atomic mass is 16.5. The van der Waals surface area contributed by atoms with Gasteiger partial charge in [-0.1, -0.05) is 48.5 Å². The van der Waals surface area contributed by atoms with Crippen molar-refractivity contribution in [1.29, 1.82) is 0 Å². The van der Waals surface area contributed by atoms with Gasteiger partial charge in [0.2, 0.25) is 0 Å². The number of fused-ring (bicyclic) bond motifs is 2. The highest BCUT2D eigenvalue weighted by molar-refractivity contribution is 6.16. The van der Waals surface area contributed by atoms with E-state index < -0.39 is 24.5 Å². The molecule has 3 aromatic carbocycles. The number of carbonyl (C=O) groups excluding carboxylic acids is 3. The SMILES string of the molecule is CCNC(=O)NC(=O)COC(=O)c1c2ccccc2cc2ccccc12. The van der Waals surface area contributed by atoms with Crippen molar-refractivity contribution in [3.63, 3.8) is 0 Å². The summed E-state index contributed by atoms with van der Waals surface area (Å²) in [5, 5.41) is 7.84. The molecule has 6 nitrogen and oxygen atoms in total. The molecule has 0 saturated carbocycles. The van der Waals surface area contributed by atoms with Gasteiger partial charge in [0, 0.05) is 6.54 Å². The average Bonchev–Trinajstić information content (AvgIpc) is 2.64. The third-order valence-electron chi connectivity index (χ3n) is 3.90. The summed E-state index contributed by atoms with van der Waals surface area (Å²) in [5.41, 5.74) is 0.407. The van der Waals surface area contributed by atoms with Gasteiger partial charge in [0.25, 0.3) is 5.91 Å². The van der Waals surface area contributed by atoms with Gasteiger partial charge in [-0.25, -0.2) is 9.59 Å². The number of carbonyl (C=O) groups is 3. The molecule has 0 atom stereocenters. The molecule has 6 heteroatoms. The van der Waals surface area contributed by atoms with E-state index in [1.54, 1.807) is 6.92 Å². The molecule has 0 saturated heterocycles. The van der Waals surface area contributed by atoms with Crippen LogP contribution in [0, 0.1) is 0 Å². The van der Waals surface area contributed by atoms with Crippen molar-refractivity contribution in [3.05, 3.63) is 60.2 Å². The molecule has 3 rings (SSSR count). The first kappa shape index (κ1) is 17.4. The summed E-state index contributed by atoms with van der Waals surface area (Å²) >= 11 is 0. The molecule has 0 spiro atoms. The minimum Gasteiger partial charge on any atom is -0.452 e. The van der Waals surface area contributed by atoms with Crippen LogP contribution in [0.25, 0.3) is 21.5 Å². The topological polar surface area (TPSA) is 84.5 Å². The maximum atomic E-state index is 12.7. The first-order valence-electron chi connectivity index (χ1n) is 8.25. The summed E-state index contributed by atoms with van der Waals surface area (Å²) in [6.07, 6.45) is 0. The lowest BCUT2D eigenvalue weighted by molar-refractivity contribution is -0.123. The molecule has 0 aliphatic carbocycles. The molecule has 132 valence electrons. The molecule has 0 fully saturated rings. The highest BCUT2D eigenvalue weighted by Crippen LogP contribution is 2.28. The molecular formula is C20H18N2O4. The number of amides is 3. The first-order chi connectivity index (χ1) is 12.6. The van der Waals surface area contributed by atoms with Crippen LogP contribution in [-0.4, -0.2) is 31.1 Å². The highest BCUT2D eigenvalue weighted by Gasteiger charge is 2.18. The quantitative estimate of drug-likeness (QED) is 0.560. The number of benzene rings is 3. The number of nitrogens with one attached hydrogen (secondary N) is 2. The fraction of sp³-hybridized carbons (Fsp3) is 0.150. The number of esters is 1. The molecule has 0 aromatic heterocycles. The van der Waals surface area contributed by atoms with Crippen molar-refractivity contribution < 1.29 is 19.1 Å². The normalized spacial score (nSPS) is 10.5. The van der Waals surface area contributed by atoms with E-state index in [2.05, 4.69) is 10.6 Å². The molecule has 0 aliphatic heterocycles. The van der Waals surface area contributed by atoms with Gasteiger partial charge in [-0.05, 0) is 34.5 Å². The number of imide groups is 1. The van der Waals surface area contributed by atoms with Gasteiger partial charge in [-0.3, -0.25) is 10.1 Å². The van der Waals surface area contributed by atoms with E-state index in [1.165, 1.54) is 0 Å². The van der Waals surface area contributed by atoms with Crippen molar-refractivity contribution in [2.24, 2.45) is 0 Å². The van der Waals surface area contributed by atoms with Gasteiger partial charge in [0.15, 0.2) is 6.61 Å². The maximum Gasteiger partial charge on any atom is 0.339 e. The molecule has 0 radical (unpaired) electrons. The van der Waals surface area contributed by atoms with Gasteiger partial charge in [-0.15, -0.1) is 0 Å². The molecule has 3 aromatic rings. The predicted octanol–water partition coefficient (Wildman–Crippen LogP) is 3.00. The minimum atomic E-state index is -0.686. The van der Waals surface area contributed by atoms with Gasteiger partial charge >= 0.3 is 12.0 Å². The number of rotatable bonds is 4. The largest absolute Gasteiger partial charge is 0.452 e. The summed E-state index contributed by atoms with van der Waals surface area (Å²) in [5.74, 6) is -1.29. The Labute approximate surface area is 150 Å². The van der Waals surface area contributed by atoms with Crippen molar-refractivity contribution >= 4 is 39.5 Å². The van der Waals surface area contributed by atoms with E-state index in [9.17, 15) is 14.4 Å². The Morgan fingerprint density at radius 3 is 2.08 bits per heavy atom. The Morgan fingerprint density at radius 1 is 0.923 bits per heavy atom. The van der Waals surface area contributed by atoms with Crippen LogP contribution in [0.3, 0.4) is 0 Å². The van der Waals surface area contributed by atoms with Crippen LogP contribution < -0.4 is 10.6 Å². The second-order valence-corrected chi connectivity index (χ2v) is 5.68. The van der Waals surface area contributed by atoms with E-state index in [0.717, 1.165) is 21.5 Å². The zero-order valence-corrected chi connectivity index (χ0v) is 14.2. The number of hydrogen-bond donors (Lipinski definition) is 2. The maximum absolute atomic E-state index is 12.7. The van der Waals surface area contributed by atoms with E-state index in [1.807, 2.05) is 54.6 Å². The van der Waals surface area contributed by atoms with Gasteiger partial charge < -0.3 is 10.1 Å². The summed E-state index contributed by atoms with van der Waals surface area (Å²) < 4.78 is 5.15. The van der Waals surface area contributed by atoms with Crippen LogP contribution in [0.2, 0.25) is 0 Å². The smallest absolute Gasteiger partial charge is 0.339 e. The fourth-order valence-electron chi connectivity index (χ4n) is 2.80. The Kier molecular flexibility index (Phi) is 5.12. The minimum absolute atomic E-state index is 0.390. The first-order valence-corrected chi connectivity index (χ1v) is 8.25. The lowest BCUT2D eigenvalue weighted by Gasteiger charge is -2.11. The molecule has 0 heterocycles. The van der Waals surface area contributed by atoms with Crippen molar-refractivity contribution in [2.45, 2.75) is 6.92 Å². The summed E-state index contributed by atoms with van der Waals surface area (Å²) in [4.78, 5) is 35.8. The number of urea groups is 1. The summed E-state index contributed by atoms with van der Waals surface area (Å²) in [6, 6.07) is 16.4. The fourth-order valence-corrected chi connectivity index (χ4v) is 2.80. The van der Waals surface area contributed by atoms with Crippen LogP contribution in [0.15, 0.2) is 54.6 Å². The van der Waals surface area contributed by atoms with Crippen LogP contribution in [0.4, 0.5) is 4.79 Å². The average molecular weight is 350 g/mol. The second kappa shape index (κ2) is 7.65. The molecule has 2 N–H and O–H groups in total. The van der Waals surface area contributed by atoms with E-state index in [0.29, 0.717) is 12.1 Å². The van der Waals surface area contributed by atoms with Crippen LogP contribution in [-0.2, 0) is 9.53 Å². The third-order valence-corrected chi connectivity index (χ3v) is 3.90. The van der Waals surface area contributed by atoms with Crippen LogP contribution in [0.5, 0.6) is 0 Å². The van der Waals surface area contributed by atoms with E-state index in [4.69, 9.17) is 4.74 Å². The summed E-state index contributed by atoms with van der Waals surface area (Å²) in [7, 11) is 0. The number of hydrogen-bond acceptors (Lipinski definition) is 4. The molecule has 0 unspecified atom stereocenters. The zero-order chi connectivity index (χ0) is 18.5. The molecular weight excluding hydrogens is 332 g/mol. The lowest BCUT2D eigenvalue weighted by atomic mass is 9.97. The van der Waals surface area contributed by atoms with Crippen molar-refractivity contribution in [3.8, 4) is 0 Å².